The van der Waals surface area contributed by atoms with Gasteiger partial charge >= 0.3 is 0 Å². The molecule has 2 nitrogen and oxygen atoms in total. The summed E-state index contributed by atoms with van der Waals surface area (Å²) in [6.45, 7) is 0.418. The van der Waals surface area contributed by atoms with Crippen molar-refractivity contribution in [1.29, 1.82) is 5.26 Å². The van der Waals surface area contributed by atoms with Gasteiger partial charge in [-0.05, 0) is 24.1 Å². The Balaban J connectivity index is 2.20. The molecule has 2 unspecified atom stereocenters. The Labute approximate surface area is 82.4 Å². The number of rotatable bonds is 1. The van der Waals surface area contributed by atoms with Gasteiger partial charge in [-0.25, -0.2) is 4.39 Å². The van der Waals surface area contributed by atoms with Gasteiger partial charge in [0, 0.05) is 12.6 Å². The molecule has 3 heteroatoms. The lowest BCUT2D eigenvalue weighted by molar-refractivity contribution is 0.356. The molecule has 0 bridgehead atoms. The number of nitriles is 1. The highest BCUT2D eigenvalue weighted by Crippen LogP contribution is 2.25. The first kappa shape index (κ1) is 9.17. The molecule has 0 radical (unpaired) electrons. The lowest BCUT2D eigenvalue weighted by atomic mass is 10.0. The number of hydrogen-bond donors (Lipinski definition) is 1. The van der Waals surface area contributed by atoms with E-state index in [1.54, 1.807) is 6.07 Å². The Morgan fingerprint density at radius 2 is 2.36 bits per heavy atom. The first-order chi connectivity index (χ1) is 6.79. The van der Waals surface area contributed by atoms with Crippen LogP contribution in [0.2, 0.25) is 0 Å². The molecule has 1 heterocycles. The summed E-state index contributed by atoms with van der Waals surface area (Å²) in [4.78, 5) is 0. The minimum atomic E-state index is -0.759. The first-order valence-corrected chi connectivity index (χ1v) is 4.67. The number of benzene rings is 1. The van der Waals surface area contributed by atoms with Gasteiger partial charge in [-0.15, -0.1) is 0 Å². The summed E-state index contributed by atoms with van der Waals surface area (Å²) in [6.07, 6.45) is -0.250. The van der Waals surface area contributed by atoms with E-state index in [0.29, 0.717) is 18.5 Å². The van der Waals surface area contributed by atoms with E-state index in [1.807, 2.05) is 18.2 Å². The molecule has 2 atom stereocenters. The van der Waals surface area contributed by atoms with E-state index >= 15 is 0 Å². The summed E-state index contributed by atoms with van der Waals surface area (Å²) < 4.78 is 12.9. The molecule has 0 spiro atoms. The van der Waals surface area contributed by atoms with Crippen molar-refractivity contribution >= 4 is 0 Å². The van der Waals surface area contributed by atoms with E-state index in [9.17, 15) is 4.39 Å². The van der Waals surface area contributed by atoms with Crippen molar-refractivity contribution in [3.05, 3.63) is 35.4 Å². The number of alkyl halides is 1. The van der Waals surface area contributed by atoms with E-state index in [-0.39, 0.29) is 6.04 Å². The lowest BCUT2D eigenvalue weighted by Gasteiger charge is -2.09. The van der Waals surface area contributed by atoms with Crippen LogP contribution in [0.4, 0.5) is 4.39 Å². The maximum Gasteiger partial charge on any atom is 0.114 e. The molecule has 1 aliphatic heterocycles. The maximum atomic E-state index is 12.9. The average molecular weight is 190 g/mol. The average Bonchev–Trinajstić information content (AvgIpc) is 2.65. The van der Waals surface area contributed by atoms with Crippen LogP contribution in [0.15, 0.2) is 24.3 Å². The highest BCUT2D eigenvalue weighted by atomic mass is 19.1. The molecule has 1 aromatic rings. The molecule has 72 valence electrons. The molecule has 14 heavy (non-hydrogen) atoms. The quantitative estimate of drug-likeness (QED) is 0.734. The molecule has 1 N–H and O–H groups in total. The number of hydrogen-bond acceptors (Lipinski definition) is 2. The summed E-state index contributed by atoms with van der Waals surface area (Å²) in [6, 6.07) is 9.48. The smallest absolute Gasteiger partial charge is 0.114 e. The van der Waals surface area contributed by atoms with E-state index in [2.05, 4.69) is 11.4 Å². The van der Waals surface area contributed by atoms with Gasteiger partial charge in [0.25, 0.3) is 0 Å². The van der Waals surface area contributed by atoms with Crippen molar-refractivity contribution in [3.63, 3.8) is 0 Å². The molecule has 2 rings (SSSR count). The Hall–Kier alpha value is -1.40. The van der Waals surface area contributed by atoms with E-state index in [1.165, 1.54) is 0 Å². The Kier molecular flexibility index (Phi) is 2.47. The summed E-state index contributed by atoms with van der Waals surface area (Å²) in [5.74, 6) is 0. The van der Waals surface area contributed by atoms with E-state index in [4.69, 9.17) is 5.26 Å². The largest absolute Gasteiger partial charge is 0.307 e. The van der Waals surface area contributed by atoms with Crippen molar-refractivity contribution < 1.29 is 4.39 Å². The van der Waals surface area contributed by atoms with Crippen LogP contribution in [-0.4, -0.2) is 12.7 Å². The minimum Gasteiger partial charge on any atom is -0.307 e. The van der Waals surface area contributed by atoms with Crippen LogP contribution >= 0.6 is 0 Å². The summed E-state index contributed by atoms with van der Waals surface area (Å²) in [5, 5.41) is 11.8. The molecule has 0 aliphatic carbocycles. The van der Waals surface area contributed by atoms with Crippen molar-refractivity contribution in [3.8, 4) is 6.07 Å². The zero-order chi connectivity index (χ0) is 9.97. The highest BCUT2D eigenvalue weighted by Gasteiger charge is 2.24. The Morgan fingerprint density at radius 3 is 3.00 bits per heavy atom. The van der Waals surface area contributed by atoms with Gasteiger partial charge in [-0.1, -0.05) is 12.1 Å². The van der Waals surface area contributed by atoms with Gasteiger partial charge in [0.1, 0.15) is 6.17 Å². The monoisotopic (exact) mass is 190 g/mol. The standard InChI is InChI=1S/C11H11FN2/c12-10-5-11(14-7-10)9-3-1-2-8(4-9)6-13/h1-4,10-11,14H,5,7H2. The van der Waals surface area contributed by atoms with Gasteiger partial charge < -0.3 is 5.32 Å². The zero-order valence-electron chi connectivity index (χ0n) is 7.70. The second kappa shape index (κ2) is 3.77. The van der Waals surface area contributed by atoms with Crippen LogP contribution < -0.4 is 5.32 Å². The molecule has 1 fully saturated rings. The van der Waals surface area contributed by atoms with Gasteiger partial charge in [-0.2, -0.15) is 5.26 Å². The molecule has 1 saturated heterocycles. The molecule has 0 amide bonds. The van der Waals surface area contributed by atoms with Crippen molar-refractivity contribution in [2.45, 2.75) is 18.6 Å². The maximum absolute atomic E-state index is 12.9. The Morgan fingerprint density at radius 1 is 1.50 bits per heavy atom. The number of halogens is 1. The zero-order valence-corrected chi connectivity index (χ0v) is 7.70. The fraction of sp³-hybridized carbons (Fsp3) is 0.364. The van der Waals surface area contributed by atoms with Crippen LogP contribution in [0.5, 0.6) is 0 Å². The third kappa shape index (κ3) is 1.75. The molecule has 1 aliphatic rings. The second-order valence-corrected chi connectivity index (χ2v) is 3.53. The lowest BCUT2D eigenvalue weighted by Crippen LogP contribution is -2.13. The fourth-order valence-corrected chi connectivity index (χ4v) is 1.77. The third-order valence-electron chi connectivity index (χ3n) is 2.50. The number of nitrogens with zero attached hydrogens (tertiary/aromatic N) is 1. The van der Waals surface area contributed by atoms with Crippen LogP contribution in [0.1, 0.15) is 23.6 Å². The van der Waals surface area contributed by atoms with Crippen molar-refractivity contribution in [2.24, 2.45) is 0 Å². The topological polar surface area (TPSA) is 35.8 Å². The second-order valence-electron chi connectivity index (χ2n) is 3.53. The minimum absolute atomic E-state index is 0.0679. The molecular weight excluding hydrogens is 179 g/mol. The predicted molar refractivity (Wildman–Crippen MR) is 51.4 cm³/mol. The normalized spacial score (nSPS) is 26.0. The van der Waals surface area contributed by atoms with Gasteiger partial charge in [0.15, 0.2) is 0 Å². The molecule has 1 aromatic carbocycles. The third-order valence-corrected chi connectivity index (χ3v) is 2.50. The molecule has 0 saturated carbocycles. The van der Waals surface area contributed by atoms with Gasteiger partial charge in [0.2, 0.25) is 0 Å². The number of nitrogens with one attached hydrogen (secondary N) is 1. The van der Waals surface area contributed by atoms with Crippen molar-refractivity contribution in [1.82, 2.24) is 5.32 Å². The molecular formula is C11H11FN2. The van der Waals surface area contributed by atoms with Gasteiger partial charge in [0.05, 0.1) is 11.6 Å². The van der Waals surface area contributed by atoms with Crippen LogP contribution in [0.3, 0.4) is 0 Å². The van der Waals surface area contributed by atoms with Crippen LogP contribution in [-0.2, 0) is 0 Å². The summed E-state index contributed by atoms with van der Waals surface area (Å²) in [7, 11) is 0. The highest BCUT2D eigenvalue weighted by molar-refractivity contribution is 5.34. The summed E-state index contributed by atoms with van der Waals surface area (Å²) >= 11 is 0. The van der Waals surface area contributed by atoms with Crippen molar-refractivity contribution in [2.75, 3.05) is 6.54 Å². The van der Waals surface area contributed by atoms with E-state index in [0.717, 1.165) is 5.56 Å². The summed E-state index contributed by atoms with van der Waals surface area (Å²) in [5.41, 5.74) is 1.64. The van der Waals surface area contributed by atoms with Crippen LogP contribution in [0, 0.1) is 11.3 Å². The Bertz CT molecular complexity index is 370. The first-order valence-electron chi connectivity index (χ1n) is 4.67. The molecule has 0 aromatic heterocycles. The SMILES string of the molecule is N#Cc1cccc(C2CC(F)CN2)c1. The van der Waals surface area contributed by atoms with Crippen LogP contribution in [0.25, 0.3) is 0 Å². The fourth-order valence-electron chi connectivity index (χ4n) is 1.77. The van der Waals surface area contributed by atoms with E-state index < -0.39 is 6.17 Å². The predicted octanol–water partition coefficient (Wildman–Crippen LogP) is 1.93. The van der Waals surface area contributed by atoms with Gasteiger partial charge in [-0.3, -0.25) is 0 Å².